The lowest BCUT2D eigenvalue weighted by Gasteiger charge is -2.15. The Morgan fingerprint density at radius 3 is 2.21 bits per heavy atom. The first kappa shape index (κ1) is 23.6. The largest absolute Gasteiger partial charge is 0.376 e. The average molecular weight is 419 g/mol. The first-order valence-electron chi connectivity index (χ1n) is 10.4. The van der Waals surface area contributed by atoms with Crippen molar-refractivity contribution in [3.05, 3.63) is 65.7 Å². The SMILES string of the molecule is Cc1ccc(S(=O)(=O)OCC[C@H](C)CCC[C@@H](C)COCc2ccccc2)cc1. The highest BCUT2D eigenvalue weighted by molar-refractivity contribution is 7.86. The van der Waals surface area contributed by atoms with E-state index in [9.17, 15) is 8.42 Å². The van der Waals surface area contributed by atoms with Gasteiger partial charge in [0.2, 0.25) is 0 Å². The summed E-state index contributed by atoms with van der Waals surface area (Å²) in [6.07, 6.45) is 4.03. The van der Waals surface area contributed by atoms with E-state index in [1.165, 1.54) is 5.56 Å². The Kier molecular flexibility index (Phi) is 9.85. The van der Waals surface area contributed by atoms with Gasteiger partial charge < -0.3 is 4.74 Å². The Bertz CT molecular complexity index is 801. The van der Waals surface area contributed by atoms with Crippen molar-refractivity contribution in [1.29, 1.82) is 0 Å². The molecule has 0 bridgehead atoms. The predicted molar refractivity (Wildman–Crippen MR) is 117 cm³/mol. The average Bonchev–Trinajstić information content (AvgIpc) is 2.69. The van der Waals surface area contributed by atoms with Crippen LogP contribution in [0.5, 0.6) is 0 Å². The van der Waals surface area contributed by atoms with Crippen molar-refractivity contribution in [2.45, 2.75) is 58.0 Å². The summed E-state index contributed by atoms with van der Waals surface area (Å²) in [5.74, 6) is 0.949. The van der Waals surface area contributed by atoms with E-state index >= 15 is 0 Å². The van der Waals surface area contributed by atoms with Gasteiger partial charge in [-0.25, -0.2) is 0 Å². The van der Waals surface area contributed by atoms with E-state index in [1.54, 1.807) is 24.3 Å². The summed E-state index contributed by atoms with van der Waals surface area (Å²) in [4.78, 5) is 0.222. The molecule has 29 heavy (non-hydrogen) atoms. The minimum absolute atomic E-state index is 0.222. The van der Waals surface area contributed by atoms with Crippen molar-refractivity contribution in [2.24, 2.45) is 11.8 Å². The van der Waals surface area contributed by atoms with Crippen LogP contribution in [-0.2, 0) is 25.6 Å². The monoisotopic (exact) mass is 418 g/mol. The fourth-order valence-corrected chi connectivity index (χ4v) is 4.05. The molecular weight excluding hydrogens is 384 g/mol. The van der Waals surface area contributed by atoms with E-state index in [0.717, 1.165) is 37.9 Å². The van der Waals surface area contributed by atoms with Crippen LogP contribution < -0.4 is 0 Å². The number of hydrogen-bond donors (Lipinski definition) is 0. The molecule has 0 aliphatic carbocycles. The van der Waals surface area contributed by atoms with E-state index in [2.05, 4.69) is 26.0 Å². The fourth-order valence-electron chi connectivity index (χ4n) is 3.13. The van der Waals surface area contributed by atoms with Crippen molar-refractivity contribution in [3.8, 4) is 0 Å². The zero-order valence-corrected chi connectivity index (χ0v) is 18.7. The van der Waals surface area contributed by atoms with E-state index in [1.807, 2.05) is 25.1 Å². The number of ether oxygens (including phenoxy) is 1. The topological polar surface area (TPSA) is 52.6 Å². The second kappa shape index (κ2) is 12.1. The molecule has 2 aromatic rings. The summed E-state index contributed by atoms with van der Waals surface area (Å²) in [6.45, 7) is 7.95. The van der Waals surface area contributed by atoms with E-state index in [4.69, 9.17) is 8.92 Å². The van der Waals surface area contributed by atoms with Crippen LogP contribution in [0.4, 0.5) is 0 Å². The summed E-state index contributed by atoms with van der Waals surface area (Å²) in [6, 6.07) is 17.0. The molecule has 0 N–H and O–H groups in total. The van der Waals surface area contributed by atoms with Gasteiger partial charge in [-0.2, -0.15) is 8.42 Å². The first-order valence-corrected chi connectivity index (χ1v) is 11.9. The zero-order chi connectivity index (χ0) is 21.1. The van der Waals surface area contributed by atoms with Gasteiger partial charge in [0.15, 0.2) is 0 Å². The normalized spacial score (nSPS) is 13.9. The van der Waals surface area contributed by atoms with Crippen LogP contribution in [0.25, 0.3) is 0 Å². The van der Waals surface area contributed by atoms with Gasteiger partial charge in [-0.3, -0.25) is 4.18 Å². The standard InChI is InChI=1S/C24H34O4S/c1-20(16-17-28-29(25,26)24-14-12-21(2)13-15-24)8-7-9-22(3)18-27-19-23-10-5-4-6-11-23/h4-6,10-15,20,22H,7-9,16-19H2,1-3H3/t20-,22-/m1/s1. The number of benzene rings is 2. The Labute approximate surface area is 176 Å². The van der Waals surface area contributed by atoms with Crippen molar-refractivity contribution >= 4 is 10.1 Å². The molecule has 0 saturated carbocycles. The molecule has 0 aliphatic heterocycles. The van der Waals surface area contributed by atoms with Crippen molar-refractivity contribution < 1.29 is 17.3 Å². The lowest BCUT2D eigenvalue weighted by Crippen LogP contribution is -2.10. The molecule has 5 heteroatoms. The molecule has 160 valence electrons. The van der Waals surface area contributed by atoms with Crippen LogP contribution in [0.2, 0.25) is 0 Å². The first-order chi connectivity index (χ1) is 13.9. The van der Waals surface area contributed by atoms with E-state index in [0.29, 0.717) is 18.4 Å². The molecule has 0 radical (unpaired) electrons. The quantitative estimate of drug-likeness (QED) is 0.389. The minimum Gasteiger partial charge on any atom is -0.376 e. The molecule has 4 nitrogen and oxygen atoms in total. The summed E-state index contributed by atoms with van der Waals surface area (Å²) in [7, 11) is -3.66. The molecule has 2 atom stereocenters. The second-order valence-corrected chi connectivity index (χ2v) is 9.64. The minimum atomic E-state index is -3.66. The number of hydrogen-bond acceptors (Lipinski definition) is 4. The summed E-state index contributed by atoms with van der Waals surface area (Å²) >= 11 is 0. The molecule has 0 aliphatic rings. The maximum atomic E-state index is 12.2. The fraction of sp³-hybridized carbons (Fsp3) is 0.500. The molecule has 2 rings (SSSR count). The zero-order valence-electron chi connectivity index (χ0n) is 17.8. The second-order valence-electron chi connectivity index (χ2n) is 8.02. The van der Waals surface area contributed by atoms with Gasteiger partial charge in [-0.15, -0.1) is 0 Å². The Balaban J connectivity index is 1.57. The Morgan fingerprint density at radius 2 is 1.52 bits per heavy atom. The lowest BCUT2D eigenvalue weighted by atomic mass is 9.97. The van der Waals surface area contributed by atoms with Crippen LogP contribution in [0.3, 0.4) is 0 Å². The number of aryl methyl sites for hydroxylation is 1. The maximum absolute atomic E-state index is 12.2. The highest BCUT2D eigenvalue weighted by atomic mass is 32.2. The molecule has 0 fully saturated rings. The van der Waals surface area contributed by atoms with Crippen LogP contribution in [0, 0.1) is 18.8 Å². The van der Waals surface area contributed by atoms with Crippen LogP contribution in [-0.4, -0.2) is 21.6 Å². The van der Waals surface area contributed by atoms with Crippen molar-refractivity contribution in [3.63, 3.8) is 0 Å². The van der Waals surface area contributed by atoms with Crippen molar-refractivity contribution in [1.82, 2.24) is 0 Å². The maximum Gasteiger partial charge on any atom is 0.296 e. The highest BCUT2D eigenvalue weighted by Crippen LogP contribution is 2.18. The van der Waals surface area contributed by atoms with Gasteiger partial charge in [0.05, 0.1) is 18.1 Å². The predicted octanol–water partition coefficient (Wildman–Crippen LogP) is 5.75. The molecule has 0 saturated heterocycles. The Hall–Kier alpha value is -1.69. The molecule has 2 aromatic carbocycles. The molecule has 0 spiro atoms. The molecule has 0 unspecified atom stereocenters. The summed E-state index contributed by atoms with van der Waals surface area (Å²) < 4.78 is 35.4. The smallest absolute Gasteiger partial charge is 0.296 e. The lowest BCUT2D eigenvalue weighted by molar-refractivity contribution is 0.0882. The molecule has 0 heterocycles. The third-order valence-corrected chi connectivity index (χ3v) is 6.39. The van der Waals surface area contributed by atoms with Crippen molar-refractivity contribution in [2.75, 3.05) is 13.2 Å². The van der Waals surface area contributed by atoms with Gasteiger partial charge >= 0.3 is 0 Å². The van der Waals surface area contributed by atoms with E-state index < -0.39 is 10.1 Å². The van der Waals surface area contributed by atoms with E-state index in [-0.39, 0.29) is 11.5 Å². The van der Waals surface area contributed by atoms with Gasteiger partial charge in [0.25, 0.3) is 10.1 Å². The third-order valence-electron chi connectivity index (χ3n) is 5.07. The van der Waals surface area contributed by atoms with Gasteiger partial charge in [-0.05, 0) is 49.3 Å². The summed E-state index contributed by atoms with van der Waals surface area (Å²) in [5.41, 5.74) is 2.23. The molecular formula is C24H34O4S. The van der Waals surface area contributed by atoms with Gasteiger partial charge in [0, 0.05) is 6.61 Å². The number of rotatable bonds is 13. The molecule has 0 amide bonds. The third kappa shape index (κ3) is 9.11. The van der Waals surface area contributed by atoms with Crippen LogP contribution >= 0.6 is 0 Å². The van der Waals surface area contributed by atoms with Gasteiger partial charge in [0.1, 0.15) is 0 Å². The Morgan fingerprint density at radius 1 is 0.862 bits per heavy atom. The van der Waals surface area contributed by atoms with Crippen LogP contribution in [0.1, 0.15) is 50.7 Å². The molecule has 0 aromatic heterocycles. The summed E-state index contributed by atoms with van der Waals surface area (Å²) in [5, 5.41) is 0. The van der Waals surface area contributed by atoms with Crippen LogP contribution in [0.15, 0.2) is 59.5 Å². The highest BCUT2D eigenvalue weighted by Gasteiger charge is 2.15. The van der Waals surface area contributed by atoms with Gasteiger partial charge in [-0.1, -0.05) is 74.7 Å².